The van der Waals surface area contributed by atoms with E-state index in [1.165, 1.54) is 0 Å². The van der Waals surface area contributed by atoms with Crippen LogP contribution in [0.2, 0.25) is 0 Å². The number of aromatic hydroxyl groups is 1. The van der Waals surface area contributed by atoms with Gasteiger partial charge in [-0.3, -0.25) is 9.48 Å². The van der Waals surface area contributed by atoms with Crippen LogP contribution >= 0.6 is 12.4 Å². The maximum absolute atomic E-state index is 12.1. The summed E-state index contributed by atoms with van der Waals surface area (Å²) in [5, 5.41) is 19.9. The van der Waals surface area contributed by atoms with E-state index in [9.17, 15) is 9.90 Å². The van der Waals surface area contributed by atoms with Crippen molar-refractivity contribution in [3.63, 3.8) is 0 Å². The Balaban J connectivity index is 0.00000192. The molecule has 7 heteroatoms. The Hall–Kier alpha value is -2.05. The van der Waals surface area contributed by atoms with Gasteiger partial charge >= 0.3 is 0 Å². The minimum absolute atomic E-state index is 0. The van der Waals surface area contributed by atoms with Crippen LogP contribution in [0.25, 0.3) is 0 Å². The predicted molar refractivity (Wildman–Crippen MR) is 89.9 cm³/mol. The number of nitrogens with zero attached hydrogens (tertiary/aromatic N) is 2. The number of phenolic OH excluding ortho intramolecular Hbond substituents is 1. The van der Waals surface area contributed by atoms with Crippen LogP contribution in [0.4, 0.5) is 0 Å². The van der Waals surface area contributed by atoms with E-state index in [1.54, 1.807) is 24.3 Å². The molecule has 2 aromatic rings. The van der Waals surface area contributed by atoms with Gasteiger partial charge in [0, 0.05) is 19.3 Å². The highest BCUT2D eigenvalue weighted by Crippen LogP contribution is 2.16. The molecule has 0 radical (unpaired) electrons. The SMILES string of the molecule is Cl.O=C(NCc1cccc(O)c1)c1ccn(C2CCCNC2)n1. The van der Waals surface area contributed by atoms with Crippen molar-refractivity contribution in [3.05, 3.63) is 47.8 Å². The van der Waals surface area contributed by atoms with Crippen molar-refractivity contribution in [1.29, 1.82) is 0 Å². The second-order valence-corrected chi connectivity index (χ2v) is 5.53. The van der Waals surface area contributed by atoms with Gasteiger partial charge in [-0.2, -0.15) is 5.10 Å². The third-order valence-electron chi connectivity index (χ3n) is 3.85. The maximum atomic E-state index is 12.1. The van der Waals surface area contributed by atoms with Crippen molar-refractivity contribution in [1.82, 2.24) is 20.4 Å². The molecule has 0 saturated carbocycles. The number of carbonyl (C=O) groups is 1. The summed E-state index contributed by atoms with van der Waals surface area (Å²) in [7, 11) is 0. The second kappa shape index (κ2) is 7.99. The largest absolute Gasteiger partial charge is 0.508 e. The van der Waals surface area contributed by atoms with Crippen LogP contribution in [0.3, 0.4) is 0 Å². The normalized spacial score (nSPS) is 17.3. The van der Waals surface area contributed by atoms with Crippen LogP contribution < -0.4 is 10.6 Å². The summed E-state index contributed by atoms with van der Waals surface area (Å²) in [5.41, 5.74) is 1.27. The fourth-order valence-corrected chi connectivity index (χ4v) is 2.66. The van der Waals surface area contributed by atoms with E-state index in [0.29, 0.717) is 18.3 Å². The van der Waals surface area contributed by atoms with Gasteiger partial charge in [0.05, 0.1) is 6.04 Å². The van der Waals surface area contributed by atoms with Crippen molar-refractivity contribution in [2.75, 3.05) is 13.1 Å². The average molecular weight is 337 g/mol. The Morgan fingerprint density at radius 1 is 1.43 bits per heavy atom. The molecule has 124 valence electrons. The number of phenols is 1. The fourth-order valence-electron chi connectivity index (χ4n) is 2.66. The minimum atomic E-state index is -0.203. The van der Waals surface area contributed by atoms with Crippen LogP contribution in [-0.2, 0) is 6.54 Å². The molecule has 3 rings (SSSR count). The van der Waals surface area contributed by atoms with E-state index in [4.69, 9.17) is 0 Å². The van der Waals surface area contributed by atoms with E-state index in [2.05, 4.69) is 15.7 Å². The van der Waals surface area contributed by atoms with Crippen LogP contribution in [0.1, 0.15) is 34.9 Å². The lowest BCUT2D eigenvalue weighted by Gasteiger charge is -2.22. The Morgan fingerprint density at radius 3 is 3.04 bits per heavy atom. The highest BCUT2D eigenvalue weighted by atomic mass is 35.5. The van der Waals surface area contributed by atoms with Gasteiger partial charge in [0.2, 0.25) is 0 Å². The molecule has 0 bridgehead atoms. The Morgan fingerprint density at radius 2 is 2.30 bits per heavy atom. The zero-order valence-corrected chi connectivity index (χ0v) is 13.6. The highest BCUT2D eigenvalue weighted by Gasteiger charge is 2.17. The Bertz CT molecular complexity index is 653. The monoisotopic (exact) mass is 336 g/mol. The van der Waals surface area contributed by atoms with Gasteiger partial charge in [-0.15, -0.1) is 12.4 Å². The van der Waals surface area contributed by atoms with Crippen LogP contribution in [0.15, 0.2) is 36.5 Å². The van der Waals surface area contributed by atoms with Gasteiger partial charge in [-0.1, -0.05) is 12.1 Å². The average Bonchev–Trinajstić information content (AvgIpc) is 3.04. The summed E-state index contributed by atoms with van der Waals surface area (Å²) in [6, 6.07) is 8.90. The van der Waals surface area contributed by atoms with E-state index in [-0.39, 0.29) is 24.1 Å². The predicted octanol–water partition coefficient (Wildman–Crippen LogP) is 1.86. The molecule has 1 saturated heterocycles. The molecule has 1 aromatic carbocycles. The summed E-state index contributed by atoms with van der Waals surface area (Å²) >= 11 is 0. The zero-order valence-electron chi connectivity index (χ0n) is 12.7. The molecule has 1 fully saturated rings. The molecule has 1 unspecified atom stereocenters. The third-order valence-corrected chi connectivity index (χ3v) is 3.85. The molecule has 3 N–H and O–H groups in total. The molecule has 0 aliphatic carbocycles. The van der Waals surface area contributed by atoms with E-state index in [1.807, 2.05) is 16.9 Å². The van der Waals surface area contributed by atoms with Crippen molar-refractivity contribution >= 4 is 18.3 Å². The molecule has 1 atom stereocenters. The first-order chi connectivity index (χ1) is 10.7. The number of hydrogen-bond donors (Lipinski definition) is 3. The Labute approximate surface area is 141 Å². The molecular weight excluding hydrogens is 316 g/mol. The maximum Gasteiger partial charge on any atom is 0.272 e. The number of hydrogen-bond acceptors (Lipinski definition) is 4. The fraction of sp³-hybridized carbons (Fsp3) is 0.375. The van der Waals surface area contributed by atoms with Gasteiger partial charge in [-0.25, -0.2) is 0 Å². The number of amides is 1. The number of rotatable bonds is 4. The number of nitrogens with one attached hydrogen (secondary N) is 2. The number of carbonyl (C=O) groups excluding carboxylic acids is 1. The smallest absolute Gasteiger partial charge is 0.272 e. The molecule has 2 heterocycles. The molecule has 23 heavy (non-hydrogen) atoms. The molecule has 1 aliphatic heterocycles. The standard InChI is InChI=1S/C16H20N4O2.ClH/c21-14-5-1-3-12(9-14)10-18-16(22)15-6-8-20(19-15)13-4-2-7-17-11-13;/h1,3,5-6,8-9,13,17,21H,2,4,7,10-11H2,(H,18,22);1H. The van der Waals surface area contributed by atoms with Gasteiger partial charge in [-0.05, 0) is 43.1 Å². The Kier molecular flexibility index (Phi) is 6.01. The first kappa shape index (κ1) is 17.3. The molecule has 1 aliphatic rings. The van der Waals surface area contributed by atoms with Gasteiger partial charge in [0.1, 0.15) is 11.4 Å². The number of piperidine rings is 1. The van der Waals surface area contributed by atoms with Crippen molar-refractivity contribution in [3.8, 4) is 5.75 Å². The minimum Gasteiger partial charge on any atom is -0.508 e. The van der Waals surface area contributed by atoms with Gasteiger partial charge in [0.15, 0.2) is 0 Å². The third kappa shape index (κ3) is 4.46. The lowest BCUT2D eigenvalue weighted by atomic mass is 10.1. The second-order valence-electron chi connectivity index (χ2n) is 5.53. The van der Waals surface area contributed by atoms with Crippen LogP contribution in [-0.4, -0.2) is 33.9 Å². The summed E-state index contributed by atoms with van der Waals surface area (Å²) in [5.74, 6) is -0.00770. The lowest BCUT2D eigenvalue weighted by molar-refractivity contribution is 0.0944. The topological polar surface area (TPSA) is 79.2 Å². The highest BCUT2D eigenvalue weighted by molar-refractivity contribution is 5.92. The molecular formula is C16H21ClN4O2. The van der Waals surface area contributed by atoms with Crippen molar-refractivity contribution in [2.24, 2.45) is 0 Å². The van der Waals surface area contributed by atoms with Gasteiger partial charge in [0.25, 0.3) is 5.91 Å². The first-order valence-corrected chi connectivity index (χ1v) is 7.54. The quantitative estimate of drug-likeness (QED) is 0.796. The van der Waals surface area contributed by atoms with E-state index >= 15 is 0 Å². The summed E-state index contributed by atoms with van der Waals surface area (Å²) in [6.45, 7) is 2.31. The summed E-state index contributed by atoms with van der Waals surface area (Å²) < 4.78 is 1.87. The molecule has 0 spiro atoms. The number of benzene rings is 1. The van der Waals surface area contributed by atoms with E-state index < -0.39 is 0 Å². The van der Waals surface area contributed by atoms with Crippen molar-refractivity contribution in [2.45, 2.75) is 25.4 Å². The first-order valence-electron chi connectivity index (χ1n) is 7.54. The van der Waals surface area contributed by atoms with E-state index in [0.717, 1.165) is 31.5 Å². The molecule has 1 amide bonds. The summed E-state index contributed by atoms with van der Waals surface area (Å²) in [6.07, 6.45) is 4.07. The summed E-state index contributed by atoms with van der Waals surface area (Å²) in [4.78, 5) is 12.1. The molecule has 6 nitrogen and oxygen atoms in total. The van der Waals surface area contributed by atoms with Crippen molar-refractivity contribution < 1.29 is 9.90 Å². The number of halogens is 1. The molecule has 1 aromatic heterocycles. The van der Waals surface area contributed by atoms with Crippen LogP contribution in [0, 0.1) is 0 Å². The zero-order chi connectivity index (χ0) is 15.4. The van der Waals surface area contributed by atoms with Crippen LogP contribution in [0.5, 0.6) is 5.75 Å². The number of aromatic nitrogens is 2. The van der Waals surface area contributed by atoms with Gasteiger partial charge < -0.3 is 15.7 Å². The lowest BCUT2D eigenvalue weighted by Crippen LogP contribution is -2.32.